The lowest BCUT2D eigenvalue weighted by molar-refractivity contribution is 0.306. The molecule has 0 fully saturated rings. The van der Waals surface area contributed by atoms with E-state index in [9.17, 15) is 0 Å². The van der Waals surface area contributed by atoms with Gasteiger partial charge in [-0.2, -0.15) is 0 Å². The van der Waals surface area contributed by atoms with Crippen LogP contribution in [0.1, 0.15) is 16.8 Å². The van der Waals surface area contributed by atoms with Crippen LogP contribution in [0.3, 0.4) is 0 Å². The molecule has 2 aromatic carbocycles. The molecule has 0 radical (unpaired) electrons. The van der Waals surface area contributed by atoms with E-state index in [-0.39, 0.29) is 0 Å². The zero-order chi connectivity index (χ0) is 17.2. The first kappa shape index (κ1) is 15.2. The van der Waals surface area contributed by atoms with Gasteiger partial charge in [0.15, 0.2) is 0 Å². The van der Waals surface area contributed by atoms with Gasteiger partial charge in [-0.1, -0.05) is 35.5 Å². The minimum absolute atomic E-state index is 0.525. The van der Waals surface area contributed by atoms with E-state index in [1.807, 2.05) is 55.5 Å². The van der Waals surface area contributed by atoms with Crippen molar-refractivity contribution in [3.05, 3.63) is 71.5 Å². The molecule has 0 unspecified atom stereocenters. The Hall–Kier alpha value is -3.34. The number of hydrogen-bond donors (Lipinski definition) is 2. The second-order valence-corrected chi connectivity index (χ2v) is 5.91. The molecule has 2 aromatic heterocycles. The van der Waals surface area contributed by atoms with Crippen molar-refractivity contribution in [1.29, 1.82) is 0 Å². The molecule has 5 heteroatoms. The van der Waals surface area contributed by atoms with Crippen LogP contribution in [0.2, 0.25) is 0 Å². The van der Waals surface area contributed by atoms with Crippen LogP contribution in [0.5, 0.6) is 5.75 Å². The Labute approximate surface area is 144 Å². The van der Waals surface area contributed by atoms with Crippen LogP contribution >= 0.6 is 0 Å². The van der Waals surface area contributed by atoms with Crippen molar-refractivity contribution in [2.45, 2.75) is 13.5 Å². The predicted octanol–water partition coefficient (Wildman–Crippen LogP) is 4.41. The third kappa shape index (κ3) is 2.80. The summed E-state index contributed by atoms with van der Waals surface area (Å²) in [4.78, 5) is 7.68. The minimum atomic E-state index is 0.525. The van der Waals surface area contributed by atoms with Crippen molar-refractivity contribution >= 4 is 28.0 Å². The molecular formula is C20H17N3O2. The Bertz CT molecular complexity index is 1070. The summed E-state index contributed by atoms with van der Waals surface area (Å²) in [6.07, 6.45) is 3.10. The molecule has 0 aliphatic carbocycles. The van der Waals surface area contributed by atoms with Gasteiger partial charge in [0.05, 0.1) is 23.6 Å². The van der Waals surface area contributed by atoms with E-state index in [4.69, 9.17) is 9.94 Å². The third-order valence-corrected chi connectivity index (χ3v) is 4.32. The second kappa shape index (κ2) is 6.28. The third-order valence-electron chi connectivity index (χ3n) is 4.32. The van der Waals surface area contributed by atoms with E-state index in [0.717, 1.165) is 38.7 Å². The quantitative estimate of drug-likeness (QED) is 0.330. The lowest BCUT2D eigenvalue weighted by Gasteiger charge is -2.07. The molecule has 25 heavy (non-hydrogen) atoms. The SMILES string of the molecule is Cc1c(/C=N\O)ncc2[nH]c3ccc(OCc4ccccc4)cc3c12. The largest absolute Gasteiger partial charge is 0.489 e. The van der Waals surface area contributed by atoms with Gasteiger partial charge in [-0.3, -0.25) is 4.98 Å². The van der Waals surface area contributed by atoms with Crippen LogP contribution in [-0.2, 0) is 6.61 Å². The molecule has 5 nitrogen and oxygen atoms in total. The van der Waals surface area contributed by atoms with Gasteiger partial charge < -0.3 is 14.9 Å². The van der Waals surface area contributed by atoms with Crippen LogP contribution in [-0.4, -0.2) is 21.4 Å². The number of oxime groups is 1. The Morgan fingerprint density at radius 2 is 2.00 bits per heavy atom. The first-order valence-corrected chi connectivity index (χ1v) is 8.01. The molecule has 0 amide bonds. The summed E-state index contributed by atoms with van der Waals surface area (Å²) >= 11 is 0. The van der Waals surface area contributed by atoms with Gasteiger partial charge in [0.1, 0.15) is 12.4 Å². The molecule has 2 heterocycles. The maximum absolute atomic E-state index is 8.80. The number of H-pyrrole nitrogens is 1. The van der Waals surface area contributed by atoms with Crippen molar-refractivity contribution in [2.24, 2.45) is 5.16 Å². The number of fused-ring (bicyclic) bond motifs is 3. The molecule has 0 aliphatic heterocycles. The van der Waals surface area contributed by atoms with Crippen molar-refractivity contribution in [2.75, 3.05) is 0 Å². The number of aromatic nitrogens is 2. The van der Waals surface area contributed by atoms with Crippen LogP contribution < -0.4 is 4.74 Å². The van der Waals surface area contributed by atoms with Gasteiger partial charge in [-0.15, -0.1) is 0 Å². The summed E-state index contributed by atoms with van der Waals surface area (Å²) < 4.78 is 5.94. The van der Waals surface area contributed by atoms with E-state index in [2.05, 4.69) is 15.1 Å². The Morgan fingerprint density at radius 3 is 2.80 bits per heavy atom. The molecule has 0 saturated heterocycles. The van der Waals surface area contributed by atoms with Crippen molar-refractivity contribution < 1.29 is 9.94 Å². The number of aryl methyl sites for hydroxylation is 1. The molecule has 2 N–H and O–H groups in total. The Morgan fingerprint density at radius 1 is 1.16 bits per heavy atom. The maximum atomic E-state index is 8.80. The smallest absolute Gasteiger partial charge is 0.120 e. The summed E-state index contributed by atoms with van der Waals surface area (Å²) in [5.41, 5.74) is 4.70. The van der Waals surface area contributed by atoms with Crippen molar-refractivity contribution in [1.82, 2.24) is 9.97 Å². The number of hydrogen-bond acceptors (Lipinski definition) is 4. The summed E-state index contributed by atoms with van der Waals surface area (Å²) in [6.45, 7) is 2.49. The number of ether oxygens (including phenoxy) is 1. The Kier molecular flexibility index (Phi) is 3.82. The molecule has 124 valence electrons. The maximum Gasteiger partial charge on any atom is 0.120 e. The average Bonchev–Trinajstić information content (AvgIpc) is 3.02. The number of nitrogens with one attached hydrogen (secondary N) is 1. The molecule has 4 rings (SSSR count). The molecule has 0 saturated carbocycles. The van der Waals surface area contributed by atoms with E-state index < -0.39 is 0 Å². The highest BCUT2D eigenvalue weighted by Crippen LogP contribution is 2.31. The first-order valence-electron chi connectivity index (χ1n) is 8.01. The average molecular weight is 331 g/mol. The van der Waals surface area contributed by atoms with Gasteiger partial charge in [0, 0.05) is 16.3 Å². The Balaban J connectivity index is 1.75. The van der Waals surface area contributed by atoms with Gasteiger partial charge >= 0.3 is 0 Å². The lowest BCUT2D eigenvalue weighted by atomic mass is 10.1. The number of rotatable bonds is 4. The standard InChI is InChI=1S/C20H17N3O2/c1-13-18(11-22-24)21-10-19-20(13)16-9-15(7-8-17(16)23-19)25-12-14-5-3-2-4-6-14/h2-11,23-24H,12H2,1H3/b22-11-. The van der Waals surface area contributed by atoms with Gasteiger partial charge in [0.25, 0.3) is 0 Å². The topological polar surface area (TPSA) is 70.5 Å². The zero-order valence-electron chi connectivity index (χ0n) is 13.7. The first-order chi connectivity index (χ1) is 12.3. The number of aromatic amines is 1. The lowest BCUT2D eigenvalue weighted by Crippen LogP contribution is -1.95. The predicted molar refractivity (Wildman–Crippen MR) is 98.5 cm³/mol. The number of nitrogens with zero attached hydrogens (tertiary/aromatic N) is 2. The molecule has 4 aromatic rings. The zero-order valence-corrected chi connectivity index (χ0v) is 13.7. The van der Waals surface area contributed by atoms with Crippen molar-refractivity contribution in [3.8, 4) is 5.75 Å². The van der Waals surface area contributed by atoms with E-state index in [1.54, 1.807) is 6.20 Å². The fourth-order valence-electron chi connectivity index (χ4n) is 3.07. The highest BCUT2D eigenvalue weighted by Gasteiger charge is 2.11. The molecule has 0 atom stereocenters. The molecule has 0 bridgehead atoms. The molecule has 0 spiro atoms. The highest BCUT2D eigenvalue weighted by atomic mass is 16.5. The normalized spacial score (nSPS) is 11.6. The summed E-state index contributed by atoms with van der Waals surface area (Å²) in [5, 5.41) is 14.0. The number of benzene rings is 2. The summed E-state index contributed by atoms with van der Waals surface area (Å²) in [5.74, 6) is 0.811. The van der Waals surface area contributed by atoms with Gasteiger partial charge in [-0.05, 0) is 36.2 Å². The van der Waals surface area contributed by atoms with Crippen LogP contribution in [0.15, 0.2) is 59.9 Å². The van der Waals surface area contributed by atoms with E-state index >= 15 is 0 Å². The minimum Gasteiger partial charge on any atom is -0.489 e. The molecular weight excluding hydrogens is 314 g/mol. The number of pyridine rings is 1. The van der Waals surface area contributed by atoms with E-state index in [0.29, 0.717) is 12.3 Å². The fraction of sp³-hybridized carbons (Fsp3) is 0.100. The van der Waals surface area contributed by atoms with Crippen molar-refractivity contribution in [3.63, 3.8) is 0 Å². The van der Waals surface area contributed by atoms with Crippen LogP contribution in [0.25, 0.3) is 21.8 Å². The molecule has 0 aliphatic rings. The monoisotopic (exact) mass is 331 g/mol. The van der Waals surface area contributed by atoms with Crippen LogP contribution in [0, 0.1) is 6.92 Å². The highest BCUT2D eigenvalue weighted by molar-refractivity contribution is 6.10. The van der Waals surface area contributed by atoms with Gasteiger partial charge in [-0.25, -0.2) is 0 Å². The van der Waals surface area contributed by atoms with Gasteiger partial charge in [0.2, 0.25) is 0 Å². The second-order valence-electron chi connectivity index (χ2n) is 5.91. The summed E-state index contributed by atoms with van der Waals surface area (Å²) in [7, 11) is 0. The van der Waals surface area contributed by atoms with Crippen LogP contribution in [0.4, 0.5) is 0 Å². The fourth-order valence-corrected chi connectivity index (χ4v) is 3.07. The summed E-state index contributed by atoms with van der Waals surface area (Å²) in [6, 6.07) is 16.1. The van der Waals surface area contributed by atoms with E-state index in [1.165, 1.54) is 6.21 Å².